The molecule has 0 aromatic heterocycles. The topological polar surface area (TPSA) is 55.6 Å². The maximum atomic E-state index is 13.7. The lowest BCUT2D eigenvalue weighted by atomic mass is 10.1. The van der Waals surface area contributed by atoms with Gasteiger partial charge in [0.05, 0.1) is 6.61 Å². The molecule has 7 heteroatoms. The fraction of sp³-hybridized carbons (Fsp3) is 0.357. The molecule has 0 aliphatic rings. The van der Waals surface area contributed by atoms with Crippen molar-refractivity contribution in [1.29, 1.82) is 0 Å². The maximum Gasteiger partial charge on any atom is 0.242 e. The average molecular weight is 382 g/mol. The van der Waals surface area contributed by atoms with Gasteiger partial charge in [0, 0.05) is 30.2 Å². The minimum Gasteiger partial charge on any atom is -0.383 e. The molecule has 0 aliphatic heterocycles. The maximum absolute atomic E-state index is 13.7. The summed E-state index contributed by atoms with van der Waals surface area (Å²) in [6, 6.07) is 3.83. The Morgan fingerprint density at radius 2 is 2.29 bits per heavy atom. The molecule has 1 unspecified atom stereocenters. The second-order valence-corrected chi connectivity index (χ2v) is 5.22. The van der Waals surface area contributed by atoms with E-state index in [1.807, 2.05) is 0 Å². The van der Waals surface area contributed by atoms with E-state index in [1.165, 1.54) is 18.1 Å². The number of amides is 1. The highest BCUT2D eigenvalue weighted by Crippen LogP contribution is 2.17. The van der Waals surface area contributed by atoms with Crippen molar-refractivity contribution in [2.75, 3.05) is 20.3 Å². The van der Waals surface area contributed by atoms with Crippen LogP contribution in [0.25, 0.3) is 0 Å². The molecule has 2 N–H and O–H groups in total. The number of benzene rings is 1. The molecule has 0 aliphatic carbocycles. The molecule has 1 atom stereocenters. The summed E-state index contributed by atoms with van der Waals surface area (Å²) in [5.74, 6) is -0.665. The van der Waals surface area contributed by atoms with E-state index in [-0.39, 0.29) is 37.3 Å². The van der Waals surface area contributed by atoms with Crippen LogP contribution in [0, 0.1) is 5.82 Å². The number of nitrogens with two attached hydrogens (primary N) is 1. The number of rotatable bonds is 7. The van der Waals surface area contributed by atoms with Crippen LogP contribution in [0.2, 0.25) is 0 Å². The zero-order valence-corrected chi connectivity index (χ0v) is 14.1. The second-order valence-electron chi connectivity index (χ2n) is 4.31. The Hall–Kier alpha value is -0.950. The van der Waals surface area contributed by atoms with E-state index in [1.54, 1.807) is 18.2 Å². The molecule has 21 heavy (non-hydrogen) atoms. The number of carbonyl (C=O) groups excluding carboxylic acids is 1. The molecule has 0 heterocycles. The Kier molecular flexibility index (Phi) is 9.44. The molecule has 4 nitrogen and oxygen atoms in total. The van der Waals surface area contributed by atoms with Crippen molar-refractivity contribution in [3.8, 4) is 0 Å². The van der Waals surface area contributed by atoms with Crippen LogP contribution in [0.4, 0.5) is 4.39 Å². The number of halogens is 3. The van der Waals surface area contributed by atoms with Crippen molar-refractivity contribution >= 4 is 34.2 Å². The van der Waals surface area contributed by atoms with Gasteiger partial charge in [0.2, 0.25) is 5.91 Å². The summed E-state index contributed by atoms with van der Waals surface area (Å²) in [5, 5.41) is 0. The standard InChI is InChI=1S/C14H18BrFN2O2.ClH/c1-3-6-18(14(19)13(17)9-20-2)8-10-7-11(15)4-5-12(10)16;/h3-5,7,13H,1,6,8-9,17H2,2H3;1H. The minimum atomic E-state index is -0.768. The molecular weight excluding hydrogens is 363 g/mol. The summed E-state index contributed by atoms with van der Waals surface area (Å²) in [5.41, 5.74) is 6.14. The normalized spacial score (nSPS) is 11.4. The van der Waals surface area contributed by atoms with Crippen LogP contribution >= 0.6 is 28.3 Å². The van der Waals surface area contributed by atoms with Gasteiger partial charge in [-0.3, -0.25) is 4.79 Å². The molecule has 1 aromatic carbocycles. The lowest BCUT2D eigenvalue weighted by molar-refractivity contribution is -0.133. The Bertz CT molecular complexity index is 488. The van der Waals surface area contributed by atoms with E-state index in [2.05, 4.69) is 22.5 Å². The first-order valence-corrected chi connectivity index (χ1v) is 6.87. The zero-order valence-electron chi connectivity index (χ0n) is 11.7. The third kappa shape index (κ3) is 6.13. The summed E-state index contributed by atoms with van der Waals surface area (Å²) >= 11 is 3.28. The highest BCUT2D eigenvalue weighted by atomic mass is 79.9. The molecule has 0 bridgehead atoms. The molecule has 1 rings (SSSR count). The van der Waals surface area contributed by atoms with Gasteiger partial charge < -0.3 is 15.4 Å². The highest BCUT2D eigenvalue weighted by Gasteiger charge is 2.21. The monoisotopic (exact) mass is 380 g/mol. The minimum absolute atomic E-state index is 0. The lowest BCUT2D eigenvalue weighted by Gasteiger charge is -2.24. The molecule has 0 saturated carbocycles. The van der Waals surface area contributed by atoms with Crippen molar-refractivity contribution < 1.29 is 13.9 Å². The van der Waals surface area contributed by atoms with Gasteiger partial charge >= 0.3 is 0 Å². The number of hydrogen-bond donors (Lipinski definition) is 1. The Morgan fingerprint density at radius 3 is 2.86 bits per heavy atom. The zero-order chi connectivity index (χ0) is 15.1. The number of ether oxygens (including phenoxy) is 1. The van der Waals surface area contributed by atoms with Crippen molar-refractivity contribution in [3.05, 3.63) is 46.7 Å². The first-order chi connectivity index (χ1) is 9.49. The van der Waals surface area contributed by atoms with E-state index < -0.39 is 6.04 Å². The van der Waals surface area contributed by atoms with Crippen molar-refractivity contribution in [2.24, 2.45) is 5.73 Å². The van der Waals surface area contributed by atoms with E-state index in [4.69, 9.17) is 10.5 Å². The summed E-state index contributed by atoms with van der Waals surface area (Å²) in [6.07, 6.45) is 1.58. The van der Waals surface area contributed by atoms with Crippen LogP contribution < -0.4 is 5.73 Å². The van der Waals surface area contributed by atoms with Crippen molar-refractivity contribution in [2.45, 2.75) is 12.6 Å². The smallest absolute Gasteiger partial charge is 0.242 e. The lowest BCUT2D eigenvalue weighted by Crippen LogP contribution is -2.45. The first-order valence-electron chi connectivity index (χ1n) is 6.07. The van der Waals surface area contributed by atoms with Gasteiger partial charge in [-0.1, -0.05) is 22.0 Å². The molecule has 0 fully saturated rings. The SMILES string of the molecule is C=CCN(Cc1cc(Br)ccc1F)C(=O)C(N)COC.Cl. The average Bonchev–Trinajstić information content (AvgIpc) is 2.41. The van der Waals surface area contributed by atoms with Crippen molar-refractivity contribution in [3.63, 3.8) is 0 Å². The van der Waals surface area contributed by atoms with Crippen molar-refractivity contribution in [1.82, 2.24) is 4.90 Å². The summed E-state index contributed by atoms with van der Waals surface area (Å²) in [6.45, 7) is 4.15. The number of methoxy groups -OCH3 is 1. The van der Waals surface area contributed by atoms with Gasteiger partial charge in [-0.15, -0.1) is 19.0 Å². The van der Waals surface area contributed by atoms with Gasteiger partial charge in [0.15, 0.2) is 0 Å². The van der Waals surface area contributed by atoms with Crippen LogP contribution in [0.1, 0.15) is 5.56 Å². The quantitative estimate of drug-likeness (QED) is 0.738. The number of nitrogens with zero attached hydrogens (tertiary/aromatic N) is 1. The molecule has 0 spiro atoms. The Labute approximate surface area is 138 Å². The molecule has 1 amide bonds. The number of hydrogen-bond acceptors (Lipinski definition) is 3. The molecule has 1 aromatic rings. The third-order valence-electron chi connectivity index (χ3n) is 2.69. The van der Waals surface area contributed by atoms with Crippen LogP contribution in [0.5, 0.6) is 0 Å². The fourth-order valence-corrected chi connectivity index (χ4v) is 2.15. The fourth-order valence-electron chi connectivity index (χ4n) is 1.74. The number of carbonyl (C=O) groups is 1. The summed E-state index contributed by atoms with van der Waals surface area (Å²) in [7, 11) is 1.47. The van der Waals surface area contributed by atoms with Gasteiger partial charge in [0.1, 0.15) is 11.9 Å². The van der Waals surface area contributed by atoms with Gasteiger partial charge in [-0.2, -0.15) is 0 Å². The predicted molar refractivity (Wildman–Crippen MR) is 86.8 cm³/mol. The molecule has 0 saturated heterocycles. The van der Waals surface area contributed by atoms with E-state index in [9.17, 15) is 9.18 Å². The predicted octanol–water partition coefficient (Wildman–Crippen LogP) is 2.50. The van der Waals surface area contributed by atoms with Gasteiger partial charge in [0.25, 0.3) is 0 Å². The largest absolute Gasteiger partial charge is 0.383 e. The molecular formula is C14H19BrClFN2O2. The van der Waals surface area contributed by atoms with E-state index in [0.29, 0.717) is 12.1 Å². The van der Waals surface area contributed by atoms with Crippen LogP contribution in [-0.2, 0) is 16.1 Å². The summed E-state index contributed by atoms with van der Waals surface area (Å²) in [4.78, 5) is 13.6. The van der Waals surface area contributed by atoms with Gasteiger partial charge in [-0.25, -0.2) is 4.39 Å². The van der Waals surface area contributed by atoms with Gasteiger partial charge in [-0.05, 0) is 18.2 Å². The van der Waals surface area contributed by atoms with Crippen LogP contribution in [-0.4, -0.2) is 37.1 Å². The molecule has 0 radical (unpaired) electrons. The second kappa shape index (κ2) is 9.89. The van der Waals surface area contributed by atoms with E-state index >= 15 is 0 Å². The Morgan fingerprint density at radius 1 is 1.62 bits per heavy atom. The summed E-state index contributed by atoms with van der Waals surface area (Å²) < 4.78 is 19.4. The van der Waals surface area contributed by atoms with Crippen LogP contribution in [0.15, 0.2) is 35.3 Å². The van der Waals surface area contributed by atoms with E-state index in [0.717, 1.165) is 4.47 Å². The highest BCUT2D eigenvalue weighted by molar-refractivity contribution is 9.10. The third-order valence-corrected chi connectivity index (χ3v) is 3.19. The Balaban J connectivity index is 0.00000400. The van der Waals surface area contributed by atoms with Crippen LogP contribution in [0.3, 0.4) is 0 Å². The first kappa shape index (κ1) is 20.1. The molecule has 118 valence electrons.